The molecule has 102 valence electrons. The maximum absolute atomic E-state index is 11.4. The second-order valence-electron chi connectivity index (χ2n) is 3.32. The third-order valence-electron chi connectivity index (χ3n) is 2.12. The third kappa shape index (κ3) is 3.92. The fraction of sp³-hybridized carbons (Fsp3) is 0. The normalized spacial score (nSPS) is 8.57. The Morgan fingerprint density at radius 3 is 1.05 bits per heavy atom. The smallest absolute Gasteiger partial charge is 0.266 e. The van der Waals surface area contributed by atoms with Gasteiger partial charge in [0.25, 0.3) is 17.7 Å². The first-order valence-electron chi connectivity index (χ1n) is 5.05. The van der Waals surface area contributed by atoms with Crippen LogP contribution in [0.2, 0.25) is 0 Å². The molecule has 0 saturated heterocycles. The predicted molar refractivity (Wildman–Crippen MR) is 63.8 cm³/mol. The van der Waals surface area contributed by atoms with E-state index in [1.54, 1.807) is 0 Å². The Hall–Kier alpha value is -3.63. The minimum atomic E-state index is -1.08. The number of carbonyl (C=O) groups is 3. The third-order valence-corrected chi connectivity index (χ3v) is 2.12. The summed E-state index contributed by atoms with van der Waals surface area (Å²) >= 11 is 0. The molecule has 0 radical (unpaired) electrons. The number of rotatable bonds is 3. The van der Waals surface area contributed by atoms with Crippen LogP contribution in [-0.4, -0.2) is 36.0 Å². The number of aliphatic imine (C=N–C) groups is 3. The Kier molecular flexibility index (Phi) is 5.20. The van der Waals surface area contributed by atoms with Crippen molar-refractivity contribution in [2.45, 2.75) is 0 Å². The molecule has 9 nitrogen and oxygen atoms in total. The Balaban J connectivity index is 3.52. The monoisotopic (exact) mass is 285 g/mol. The van der Waals surface area contributed by atoms with Gasteiger partial charge in [0.05, 0.1) is 0 Å². The Labute approximate surface area is 115 Å². The Morgan fingerprint density at radius 2 is 0.857 bits per heavy atom. The summed E-state index contributed by atoms with van der Waals surface area (Å²) in [5.41, 5.74) is -0.973. The summed E-state index contributed by atoms with van der Waals surface area (Å²) in [6.45, 7) is 0. The maximum Gasteiger partial charge on any atom is 0.287 e. The van der Waals surface area contributed by atoms with E-state index in [4.69, 9.17) is 0 Å². The Morgan fingerprint density at radius 1 is 0.619 bits per heavy atom. The molecule has 0 aliphatic rings. The van der Waals surface area contributed by atoms with Crippen LogP contribution in [0.25, 0.3) is 0 Å². The molecular weight excluding hydrogens is 282 g/mol. The van der Waals surface area contributed by atoms with Gasteiger partial charge in [0.1, 0.15) is 0 Å². The molecule has 0 spiro atoms. The Bertz CT molecular complexity index is 661. The first-order valence-corrected chi connectivity index (χ1v) is 5.05. The minimum absolute atomic E-state index is 0.324. The second-order valence-corrected chi connectivity index (χ2v) is 3.32. The number of benzene rings is 1. The van der Waals surface area contributed by atoms with Gasteiger partial charge < -0.3 is 0 Å². The summed E-state index contributed by atoms with van der Waals surface area (Å²) in [5.74, 6) is -3.25. The average molecular weight is 285 g/mol. The zero-order valence-corrected chi connectivity index (χ0v) is 10.0. The molecule has 0 saturated carbocycles. The average Bonchev–Trinajstić information content (AvgIpc) is 2.47. The van der Waals surface area contributed by atoms with E-state index in [1.165, 1.54) is 0 Å². The molecule has 0 fully saturated rings. The summed E-state index contributed by atoms with van der Waals surface area (Å²) in [6.07, 6.45) is 2.99. The van der Waals surface area contributed by atoms with Crippen molar-refractivity contribution < 1.29 is 28.8 Å². The van der Waals surface area contributed by atoms with Crippen LogP contribution in [0.15, 0.2) is 33.2 Å². The second kappa shape index (κ2) is 7.08. The van der Waals surface area contributed by atoms with Gasteiger partial charge in [-0.1, -0.05) is 0 Å². The van der Waals surface area contributed by atoms with E-state index in [9.17, 15) is 28.8 Å². The van der Waals surface area contributed by atoms with Gasteiger partial charge in [0, 0.05) is 16.7 Å². The first kappa shape index (κ1) is 15.4. The molecule has 0 unspecified atom stereocenters. The van der Waals surface area contributed by atoms with E-state index in [0.717, 1.165) is 36.4 Å². The summed E-state index contributed by atoms with van der Waals surface area (Å²) < 4.78 is 0. The summed E-state index contributed by atoms with van der Waals surface area (Å²) in [4.78, 5) is 72.9. The van der Waals surface area contributed by atoms with Crippen LogP contribution in [0.3, 0.4) is 0 Å². The van der Waals surface area contributed by atoms with E-state index in [-0.39, 0.29) is 16.7 Å². The zero-order valence-electron chi connectivity index (χ0n) is 10.0. The lowest BCUT2D eigenvalue weighted by atomic mass is 10.0. The topological polar surface area (TPSA) is 140 Å². The lowest BCUT2D eigenvalue weighted by molar-refractivity contribution is 0.100. The van der Waals surface area contributed by atoms with Crippen LogP contribution in [0.4, 0.5) is 0 Å². The highest BCUT2D eigenvalue weighted by atomic mass is 16.2. The van der Waals surface area contributed by atoms with Crippen molar-refractivity contribution in [1.82, 2.24) is 0 Å². The molecular formula is C12H3N3O6. The molecule has 0 N–H and O–H groups in total. The molecule has 21 heavy (non-hydrogen) atoms. The van der Waals surface area contributed by atoms with Crippen molar-refractivity contribution in [3.8, 4) is 0 Å². The van der Waals surface area contributed by atoms with Gasteiger partial charge in [-0.3, -0.25) is 14.4 Å². The van der Waals surface area contributed by atoms with Gasteiger partial charge in [0.15, 0.2) is 0 Å². The zero-order chi connectivity index (χ0) is 15.8. The fourth-order valence-electron chi connectivity index (χ4n) is 1.32. The molecule has 0 bridgehead atoms. The molecule has 3 amide bonds. The van der Waals surface area contributed by atoms with Crippen LogP contribution >= 0.6 is 0 Å². The fourth-order valence-corrected chi connectivity index (χ4v) is 1.32. The molecule has 0 aromatic heterocycles. The minimum Gasteiger partial charge on any atom is -0.266 e. The predicted octanol–water partition coefficient (Wildman–Crippen LogP) is 0.115. The van der Waals surface area contributed by atoms with Crippen molar-refractivity contribution in [3.05, 3.63) is 34.9 Å². The van der Waals surface area contributed by atoms with Crippen molar-refractivity contribution in [3.63, 3.8) is 0 Å². The SMILES string of the molecule is O=C=NC(=O)c1cc(C(=O)N=C=O)cc(C(=O)N=C=O)c1. The number of nitrogens with zero attached hydrogens (tertiary/aromatic N) is 3. The molecule has 0 aliphatic carbocycles. The van der Waals surface area contributed by atoms with E-state index in [1.807, 2.05) is 0 Å². The molecule has 0 aliphatic heterocycles. The molecule has 1 aromatic carbocycles. The van der Waals surface area contributed by atoms with Crippen molar-refractivity contribution in [2.24, 2.45) is 15.0 Å². The summed E-state index contributed by atoms with van der Waals surface area (Å²) in [5, 5.41) is 0. The van der Waals surface area contributed by atoms with E-state index >= 15 is 0 Å². The van der Waals surface area contributed by atoms with E-state index in [2.05, 4.69) is 15.0 Å². The molecule has 0 atom stereocenters. The number of amides is 3. The highest BCUT2D eigenvalue weighted by Gasteiger charge is 2.15. The van der Waals surface area contributed by atoms with Crippen molar-refractivity contribution in [2.75, 3.05) is 0 Å². The highest BCUT2D eigenvalue weighted by molar-refractivity contribution is 6.07. The van der Waals surface area contributed by atoms with Crippen molar-refractivity contribution >= 4 is 36.0 Å². The lowest BCUT2D eigenvalue weighted by Crippen LogP contribution is -2.05. The molecule has 9 heteroatoms. The first-order chi connectivity index (χ1) is 10.0. The maximum atomic E-state index is 11.4. The largest absolute Gasteiger partial charge is 0.287 e. The molecule has 0 heterocycles. The number of carbonyl (C=O) groups excluding carboxylic acids is 6. The van der Waals surface area contributed by atoms with Gasteiger partial charge in [0.2, 0.25) is 18.2 Å². The van der Waals surface area contributed by atoms with Gasteiger partial charge in [-0.05, 0) is 18.2 Å². The van der Waals surface area contributed by atoms with Crippen LogP contribution in [0.1, 0.15) is 31.1 Å². The van der Waals surface area contributed by atoms with Gasteiger partial charge in [-0.15, -0.1) is 15.0 Å². The van der Waals surface area contributed by atoms with E-state index in [0.29, 0.717) is 0 Å². The number of hydrogen-bond acceptors (Lipinski definition) is 6. The molecule has 1 rings (SSSR count). The van der Waals surface area contributed by atoms with E-state index < -0.39 is 17.7 Å². The van der Waals surface area contributed by atoms with Gasteiger partial charge >= 0.3 is 0 Å². The quantitative estimate of drug-likeness (QED) is 0.570. The number of hydrogen-bond donors (Lipinski definition) is 0. The van der Waals surface area contributed by atoms with Crippen LogP contribution in [-0.2, 0) is 14.4 Å². The molecule has 1 aromatic rings. The highest BCUT2D eigenvalue weighted by Crippen LogP contribution is 2.14. The van der Waals surface area contributed by atoms with Gasteiger partial charge in [-0.2, -0.15) is 0 Å². The lowest BCUT2D eigenvalue weighted by Gasteiger charge is -2.01. The number of isocyanates is 3. The summed E-state index contributed by atoms with van der Waals surface area (Å²) in [6, 6.07) is 2.86. The standard InChI is InChI=1S/C12H3N3O6/c16-4-13-10(19)7-1-8(11(20)14-5-17)3-9(2-7)12(21)15-6-18/h1-3H. The summed E-state index contributed by atoms with van der Waals surface area (Å²) in [7, 11) is 0. The van der Waals surface area contributed by atoms with Gasteiger partial charge in [-0.25, -0.2) is 14.4 Å². The van der Waals surface area contributed by atoms with Crippen LogP contribution in [0.5, 0.6) is 0 Å². The van der Waals surface area contributed by atoms with Crippen molar-refractivity contribution in [1.29, 1.82) is 0 Å². The van der Waals surface area contributed by atoms with Crippen LogP contribution in [0, 0.1) is 0 Å². The van der Waals surface area contributed by atoms with Crippen LogP contribution < -0.4 is 0 Å².